The summed E-state index contributed by atoms with van der Waals surface area (Å²) in [5.74, 6) is 2.43. The Bertz CT molecular complexity index is 158. The van der Waals surface area contributed by atoms with Gasteiger partial charge >= 0.3 is 0 Å². The lowest BCUT2D eigenvalue weighted by molar-refractivity contribution is 0.0688. The molecule has 90 valence electrons. The van der Waals surface area contributed by atoms with Crippen molar-refractivity contribution in [1.82, 2.24) is 0 Å². The van der Waals surface area contributed by atoms with Gasteiger partial charge in [0.15, 0.2) is 0 Å². The van der Waals surface area contributed by atoms with Crippen LogP contribution in [-0.2, 0) is 4.74 Å². The van der Waals surface area contributed by atoms with Crippen LogP contribution in [0.3, 0.4) is 0 Å². The van der Waals surface area contributed by atoms with Crippen LogP contribution in [0.1, 0.15) is 45.4 Å². The molecule has 15 heavy (non-hydrogen) atoms. The molecule has 0 spiro atoms. The minimum atomic E-state index is -0.00382. The molecule has 0 unspecified atom stereocenters. The standard InChI is InChI=1S/C12H25NOS/c1-2-15-10-6-9-14-11-12(13)7-4-3-5-8-12/h2-11,13H2,1H3. The van der Waals surface area contributed by atoms with E-state index in [4.69, 9.17) is 10.5 Å². The zero-order valence-electron chi connectivity index (χ0n) is 9.96. The second kappa shape index (κ2) is 7.53. The van der Waals surface area contributed by atoms with E-state index in [-0.39, 0.29) is 5.54 Å². The molecular weight excluding hydrogens is 206 g/mol. The van der Waals surface area contributed by atoms with Gasteiger partial charge in [-0.3, -0.25) is 0 Å². The third-order valence-corrected chi connectivity index (χ3v) is 4.01. The summed E-state index contributed by atoms with van der Waals surface area (Å²) in [6.45, 7) is 3.85. The monoisotopic (exact) mass is 231 g/mol. The highest BCUT2D eigenvalue weighted by molar-refractivity contribution is 7.99. The summed E-state index contributed by atoms with van der Waals surface area (Å²) in [5, 5.41) is 0. The van der Waals surface area contributed by atoms with E-state index in [1.54, 1.807) is 0 Å². The molecule has 0 radical (unpaired) electrons. The Hall–Kier alpha value is 0.270. The van der Waals surface area contributed by atoms with Gasteiger partial charge in [-0.05, 0) is 30.8 Å². The number of ether oxygens (including phenoxy) is 1. The summed E-state index contributed by atoms with van der Waals surface area (Å²) in [6, 6.07) is 0. The molecule has 0 bridgehead atoms. The molecule has 1 fully saturated rings. The fourth-order valence-corrected chi connectivity index (χ4v) is 2.69. The van der Waals surface area contributed by atoms with Gasteiger partial charge in [-0.1, -0.05) is 26.2 Å². The minimum absolute atomic E-state index is 0.00382. The molecule has 2 nitrogen and oxygen atoms in total. The molecule has 0 atom stereocenters. The summed E-state index contributed by atoms with van der Waals surface area (Å²) in [4.78, 5) is 0. The molecule has 0 aromatic rings. The van der Waals surface area contributed by atoms with Gasteiger partial charge in [0.05, 0.1) is 6.61 Å². The molecule has 0 saturated heterocycles. The molecule has 1 aliphatic rings. The molecule has 0 aromatic carbocycles. The highest BCUT2D eigenvalue weighted by Gasteiger charge is 2.27. The molecule has 1 aliphatic carbocycles. The zero-order valence-corrected chi connectivity index (χ0v) is 10.8. The number of nitrogens with two attached hydrogens (primary N) is 1. The number of thioether (sulfide) groups is 1. The van der Waals surface area contributed by atoms with Crippen molar-refractivity contribution in [2.24, 2.45) is 5.73 Å². The van der Waals surface area contributed by atoms with Gasteiger partial charge in [0.2, 0.25) is 0 Å². The number of hydrogen-bond donors (Lipinski definition) is 1. The normalized spacial score (nSPS) is 20.4. The van der Waals surface area contributed by atoms with Gasteiger partial charge in [0, 0.05) is 12.1 Å². The SMILES string of the molecule is CCSCCCOCC1(N)CCCCC1. The van der Waals surface area contributed by atoms with Crippen LogP contribution in [0.5, 0.6) is 0 Å². The van der Waals surface area contributed by atoms with Crippen molar-refractivity contribution in [3.8, 4) is 0 Å². The van der Waals surface area contributed by atoms with Crippen LogP contribution in [0.15, 0.2) is 0 Å². The quantitative estimate of drug-likeness (QED) is 0.684. The highest BCUT2D eigenvalue weighted by Crippen LogP contribution is 2.25. The lowest BCUT2D eigenvalue weighted by Gasteiger charge is -2.33. The second-order valence-electron chi connectivity index (χ2n) is 4.53. The average Bonchev–Trinajstić information content (AvgIpc) is 2.24. The van der Waals surface area contributed by atoms with Gasteiger partial charge in [0.25, 0.3) is 0 Å². The summed E-state index contributed by atoms with van der Waals surface area (Å²) < 4.78 is 5.68. The van der Waals surface area contributed by atoms with Crippen LogP contribution < -0.4 is 5.73 Å². The van der Waals surface area contributed by atoms with Gasteiger partial charge < -0.3 is 10.5 Å². The van der Waals surface area contributed by atoms with Crippen molar-refractivity contribution < 1.29 is 4.74 Å². The first-order valence-electron chi connectivity index (χ1n) is 6.21. The fraction of sp³-hybridized carbons (Fsp3) is 1.00. The summed E-state index contributed by atoms with van der Waals surface area (Å²) >= 11 is 1.98. The van der Waals surface area contributed by atoms with Gasteiger partial charge in [-0.25, -0.2) is 0 Å². The Kier molecular flexibility index (Phi) is 6.69. The Morgan fingerprint density at radius 1 is 1.27 bits per heavy atom. The van der Waals surface area contributed by atoms with Gasteiger partial charge in [-0.2, -0.15) is 11.8 Å². The van der Waals surface area contributed by atoms with Crippen LogP contribution in [-0.4, -0.2) is 30.3 Å². The lowest BCUT2D eigenvalue weighted by Crippen LogP contribution is -2.46. The lowest BCUT2D eigenvalue weighted by atomic mass is 9.83. The molecule has 2 N–H and O–H groups in total. The first-order chi connectivity index (χ1) is 7.27. The third-order valence-electron chi connectivity index (χ3n) is 3.02. The van der Waals surface area contributed by atoms with E-state index in [1.165, 1.54) is 30.8 Å². The highest BCUT2D eigenvalue weighted by atomic mass is 32.2. The molecule has 0 amide bonds. The molecule has 1 rings (SSSR count). The van der Waals surface area contributed by atoms with Crippen molar-refractivity contribution in [3.63, 3.8) is 0 Å². The van der Waals surface area contributed by atoms with Gasteiger partial charge in [-0.15, -0.1) is 0 Å². The minimum Gasteiger partial charge on any atom is -0.380 e. The third kappa shape index (κ3) is 5.79. The van der Waals surface area contributed by atoms with Crippen molar-refractivity contribution in [1.29, 1.82) is 0 Å². The smallest absolute Gasteiger partial charge is 0.0646 e. The fourth-order valence-electron chi connectivity index (χ4n) is 2.08. The maximum Gasteiger partial charge on any atom is 0.0646 e. The second-order valence-corrected chi connectivity index (χ2v) is 5.92. The van der Waals surface area contributed by atoms with Crippen LogP contribution in [0.25, 0.3) is 0 Å². The van der Waals surface area contributed by atoms with Crippen LogP contribution >= 0.6 is 11.8 Å². The molecule has 0 aromatic heterocycles. The zero-order chi connectivity index (χ0) is 11.0. The first kappa shape index (κ1) is 13.3. The van der Waals surface area contributed by atoms with Crippen LogP contribution in [0.2, 0.25) is 0 Å². The number of hydrogen-bond acceptors (Lipinski definition) is 3. The average molecular weight is 231 g/mol. The number of rotatable bonds is 7. The van der Waals surface area contributed by atoms with Crippen molar-refractivity contribution in [2.45, 2.75) is 51.0 Å². The predicted molar refractivity (Wildman–Crippen MR) is 68.4 cm³/mol. The Balaban J connectivity index is 1.98. The molecule has 0 aliphatic heterocycles. The maximum absolute atomic E-state index is 6.27. The van der Waals surface area contributed by atoms with E-state index in [9.17, 15) is 0 Å². The van der Waals surface area contributed by atoms with E-state index in [0.717, 1.165) is 32.5 Å². The van der Waals surface area contributed by atoms with E-state index < -0.39 is 0 Å². The van der Waals surface area contributed by atoms with Gasteiger partial charge in [0.1, 0.15) is 0 Å². The Morgan fingerprint density at radius 3 is 2.67 bits per heavy atom. The van der Waals surface area contributed by atoms with Crippen molar-refractivity contribution in [2.75, 3.05) is 24.7 Å². The molecular formula is C12H25NOS. The van der Waals surface area contributed by atoms with E-state index in [1.807, 2.05) is 11.8 Å². The molecule has 3 heteroatoms. The van der Waals surface area contributed by atoms with E-state index >= 15 is 0 Å². The van der Waals surface area contributed by atoms with Crippen LogP contribution in [0, 0.1) is 0 Å². The summed E-state index contributed by atoms with van der Waals surface area (Å²) in [7, 11) is 0. The van der Waals surface area contributed by atoms with Crippen molar-refractivity contribution >= 4 is 11.8 Å². The van der Waals surface area contributed by atoms with Crippen molar-refractivity contribution in [3.05, 3.63) is 0 Å². The summed E-state index contributed by atoms with van der Waals surface area (Å²) in [6.07, 6.45) is 7.38. The molecule has 0 heterocycles. The molecule has 1 saturated carbocycles. The topological polar surface area (TPSA) is 35.2 Å². The van der Waals surface area contributed by atoms with Crippen LogP contribution in [0.4, 0.5) is 0 Å². The summed E-state index contributed by atoms with van der Waals surface area (Å²) in [5.41, 5.74) is 6.27. The van der Waals surface area contributed by atoms with E-state index in [2.05, 4.69) is 6.92 Å². The first-order valence-corrected chi connectivity index (χ1v) is 7.37. The maximum atomic E-state index is 6.27. The largest absolute Gasteiger partial charge is 0.380 e. The Labute approximate surface area is 98.3 Å². The van der Waals surface area contributed by atoms with E-state index in [0.29, 0.717) is 0 Å². The predicted octanol–water partition coefficient (Wildman–Crippen LogP) is 2.81. The Morgan fingerprint density at radius 2 is 2.00 bits per heavy atom.